The van der Waals surface area contributed by atoms with Crippen LogP contribution in [0.25, 0.3) is 0 Å². The molecule has 0 amide bonds. The van der Waals surface area contributed by atoms with E-state index in [1.54, 1.807) is 26.0 Å². The highest BCUT2D eigenvalue weighted by atomic mass is 16.4. The van der Waals surface area contributed by atoms with Crippen LogP contribution >= 0.6 is 0 Å². The highest BCUT2D eigenvalue weighted by molar-refractivity contribution is 5.80. The first-order valence-corrected chi connectivity index (χ1v) is 3.97. The molecule has 3 heteroatoms. The number of phenols is 1. The number of hydrogen-bond acceptors (Lipinski definition) is 2. The van der Waals surface area contributed by atoms with Gasteiger partial charge in [-0.1, -0.05) is 12.1 Å². The summed E-state index contributed by atoms with van der Waals surface area (Å²) in [6.45, 7) is 3.20. The third-order valence-electron chi connectivity index (χ3n) is 2.10. The van der Waals surface area contributed by atoms with Crippen LogP contribution in [0.1, 0.15) is 19.4 Å². The van der Waals surface area contributed by atoms with Gasteiger partial charge >= 0.3 is 5.97 Å². The Balaban J connectivity index is 3.14. The molecule has 3 nitrogen and oxygen atoms in total. The van der Waals surface area contributed by atoms with Crippen LogP contribution in [-0.2, 0) is 10.2 Å². The van der Waals surface area contributed by atoms with Gasteiger partial charge < -0.3 is 10.2 Å². The van der Waals surface area contributed by atoms with Gasteiger partial charge in [0.1, 0.15) is 5.75 Å². The lowest BCUT2D eigenvalue weighted by Gasteiger charge is -2.19. The molecule has 1 rings (SSSR count). The quantitative estimate of drug-likeness (QED) is 0.729. The van der Waals surface area contributed by atoms with E-state index in [0.29, 0.717) is 5.56 Å². The Bertz CT molecular complexity index is 329. The van der Waals surface area contributed by atoms with Gasteiger partial charge in [0.05, 0.1) is 5.41 Å². The van der Waals surface area contributed by atoms with Crippen LogP contribution in [0.3, 0.4) is 0 Å². The molecule has 0 aromatic heterocycles. The SMILES string of the molecule is CC(C)(C(=O)O)c1cccc(O)c1. The highest BCUT2D eigenvalue weighted by Crippen LogP contribution is 2.25. The summed E-state index contributed by atoms with van der Waals surface area (Å²) in [6.07, 6.45) is 0. The van der Waals surface area contributed by atoms with Gasteiger partial charge in [-0.2, -0.15) is 0 Å². The summed E-state index contributed by atoms with van der Waals surface area (Å²) in [5, 5.41) is 18.1. The number of rotatable bonds is 2. The summed E-state index contributed by atoms with van der Waals surface area (Å²) in [7, 11) is 0. The maximum atomic E-state index is 10.9. The van der Waals surface area contributed by atoms with E-state index in [0.717, 1.165) is 0 Å². The summed E-state index contributed by atoms with van der Waals surface area (Å²) in [4.78, 5) is 10.9. The zero-order valence-electron chi connectivity index (χ0n) is 7.61. The second kappa shape index (κ2) is 3.09. The van der Waals surface area contributed by atoms with Crippen molar-refractivity contribution in [3.63, 3.8) is 0 Å². The van der Waals surface area contributed by atoms with Gasteiger partial charge in [-0.05, 0) is 31.5 Å². The van der Waals surface area contributed by atoms with Crippen LogP contribution in [-0.4, -0.2) is 16.2 Å². The fraction of sp³-hybridized carbons (Fsp3) is 0.300. The molecule has 13 heavy (non-hydrogen) atoms. The molecule has 0 atom stereocenters. The maximum absolute atomic E-state index is 10.9. The molecule has 0 aliphatic carbocycles. The fourth-order valence-electron chi connectivity index (χ4n) is 1.02. The zero-order valence-corrected chi connectivity index (χ0v) is 7.61. The number of benzene rings is 1. The van der Waals surface area contributed by atoms with E-state index in [1.165, 1.54) is 12.1 Å². The van der Waals surface area contributed by atoms with Crippen molar-refractivity contribution in [3.05, 3.63) is 29.8 Å². The summed E-state index contributed by atoms with van der Waals surface area (Å²) in [6, 6.07) is 6.30. The first kappa shape index (κ1) is 9.58. The number of carboxylic acid groups (broad SMARTS) is 1. The Morgan fingerprint density at radius 3 is 2.46 bits per heavy atom. The van der Waals surface area contributed by atoms with E-state index in [1.807, 2.05) is 0 Å². The second-order valence-electron chi connectivity index (χ2n) is 3.48. The lowest BCUT2D eigenvalue weighted by atomic mass is 9.85. The van der Waals surface area contributed by atoms with E-state index < -0.39 is 11.4 Å². The van der Waals surface area contributed by atoms with E-state index in [2.05, 4.69) is 0 Å². The number of aromatic hydroxyl groups is 1. The summed E-state index contributed by atoms with van der Waals surface area (Å²) in [5.41, 5.74) is -0.362. The van der Waals surface area contributed by atoms with Gasteiger partial charge in [0.2, 0.25) is 0 Å². The van der Waals surface area contributed by atoms with Gasteiger partial charge in [-0.3, -0.25) is 4.79 Å². The van der Waals surface area contributed by atoms with Crippen molar-refractivity contribution in [2.24, 2.45) is 0 Å². The minimum absolute atomic E-state index is 0.0897. The maximum Gasteiger partial charge on any atom is 0.313 e. The van der Waals surface area contributed by atoms with Crippen LogP contribution in [0.4, 0.5) is 0 Å². The molecule has 70 valence electrons. The molecule has 0 saturated carbocycles. The number of hydrogen-bond donors (Lipinski definition) is 2. The number of aliphatic carboxylic acids is 1. The topological polar surface area (TPSA) is 57.5 Å². The van der Waals surface area contributed by atoms with Gasteiger partial charge in [-0.25, -0.2) is 0 Å². The van der Waals surface area contributed by atoms with Crippen LogP contribution < -0.4 is 0 Å². The molecular formula is C10H12O3. The Hall–Kier alpha value is -1.51. The van der Waals surface area contributed by atoms with E-state index >= 15 is 0 Å². The lowest BCUT2D eigenvalue weighted by molar-refractivity contribution is -0.142. The van der Waals surface area contributed by atoms with Gasteiger partial charge in [-0.15, -0.1) is 0 Å². The Kier molecular flexibility index (Phi) is 2.28. The van der Waals surface area contributed by atoms with E-state index in [-0.39, 0.29) is 5.75 Å². The van der Waals surface area contributed by atoms with Crippen molar-refractivity contribution < 1.29 is 15.0 Å². The Morgan fingerprint density at radius 2 is 2.00 bits per heavy atom. The summed E-state index contributed by atoms with van der Waals surface area (Å²) in [5.74, 6) is -0.815. The van der Waals surface area contributed by atoms with E-state index in [9.17, 15) is 4.79 Å². The molecule has 0 unspecified atom stereocenters. The average Bonchev–Trinajstić information content (AvgIpc) is 2.04. The molecule has 0 fully saturated rings. The average molecular weight is 180 g/mol. The molecule has 0 aliphatic heterocycles. The highest BCUT2D eigenvalue weighted by Gasteiger charge is 2.29. The Morgan fingerprint density at radius 1 is 1.38 bits per heavy atom. The standard InChI is InChI=1S/C10H12O3/c1-10(2,9(12)13)7-4-3-5-8(11)6-7/h3-6,11H,1-2H3,(H,12,13). The second-order valence-corrected chi connectivity index (χ2v) is 3.48. The third kappa shape index (κ3) is 1.80. The summed E-state index contributed by atoms with van der Waals surface area (Å²) < 4.78 is 0. The zero-order chi connectivity index (χ0) is 10.1. The van der Waals surface area contributed by atoms with Crippen molar-refractivity contribution >= 4 is 5.97 Å². The van der Waals surface area contributed by atoms with Crippen molar-refractivity contribution in [2.45, 2.75) is 19.3 Å². The molecule has 2 N–H and O–H groups in total. The largest absolute Gasteiger partial charge is 0.508 e. The molecule has 0 spiro atoms. The third-order valence-corrected chi connectivity index (χ3v) is 2.10. The van der Waals surface area contributed by atoms with Gasteiger partial charge in [0.25, 0.3) is 0 Å². The normalized spacial score (nSPS) is 11.2. The molecule has 0 radical (unpaired) electrons. The summed E-state index contributed by atoms with van der Waals surface area (Å²) >= 11 is 0. The van der Waals surface area contributed by atoms with Crippen molar-refractivity contribution in [1.82, 2.24) is 0 Å². The molecule has 1 aromatic carbocycles. The molecule has 0 bridgehead atoms. The van der Waals surface area contributed by atoms with Crippen LogP contribution in [0, 0.1) is 0 Å². The van der Waals surface area contributed by atoms with Crippen molar-refractivity contribution in [3.8, 4) is 5.75 Å². The minimum Gasteiger partial charge on any atom is -0.508 e. The number of phenolic OH excluding ortho intramolecular Hbond substituents is 1. The van der Waals surface area contributed by atoms with E-state index in [4.69, 9.17) is 10.2 Å². The molecule has 1 aromatic rings. The Labute approximate surface area is 76.6 Å². The van der Waals surface area contributed by atoms with Gasteiger partial charge in [0.15, 0.2) is 0 Å². The monoisotopic (exact) mass is 180 g/mol. The predicted octanol–water partition coefficient (Wildman–Crippen LogP) is 1.75. The number of carbonyl (C=O) groups is 1. The van der Waals surface area contributed by atoms with Crippen LogP contribution in [0.5, 0.6) is 5.75 Å². The van der Waals surface area contributed by atoms with Crippen LogP contribution in [0.2, 0.25) is 0 Å². The van der Waals surface area contributed by atoms with Gasteiger partial charge in [0, 0.05) is 0 Å². The molecule has 0 saturated heterocycles. The smallest absolute Gasteiger partial charge is 0.313 e. The first-order valence-electron chi connectivity index (χ1n) is 3.97. The van der Waals surface area contributed by atoms with Crippen molar-refractivity contribution in [2.75, 3.05) is 0 Å². The fourth-order valence-corrected chi connectivity index (χ4v) is 1.02. The number of carboxylic acids is 1. The van der Waals surface area contributed by atoms with Crippen LogP contribution in [0.15, 0.2) is 24.3 Å². The molecular weight excluding hydrogens is 168 g/mol. The molecule has 0 aliphatic rings. The first-order chi connectivity index (χ1) is 5.94. The molecule has 0 heterocycles. The lowest BCUT2D eigenvalue weighted by Crippen LogP contribution is -2.28. The minimum atomic E-state index is -0.960. The predicted molar refractivity (Wildman–Crippen MR) is 48.8 cm³/mol. The van der Waals surface area contributed by atoms with Crippen molar-refractivity contribution in [1.29, 1.82) is 0 Å².